The molecule has 0 aliphatic heterocycles. The van der Waals surface area contributed by atoms with E-state index in [1.807, 2.05) is 6.07 Å². The average molecular weight is 300 g/mol. The van der Waals surface area contributed by atoms with E-state index in [0.29, 0.717) is 24.4 Å². The molecule has 0 heterocycles. The van der Waals surface area contributed by atoms with Gasteiger partial charge in [0.15, 0.2) is 5.78 Å². The summed E-state index contributed by atoms with van der Waals surface area (Å²) in [7, 11) is 1.62. The van der Waals surface area contributed by atoms with Crippen molar-refractivity contribution in [2.75, 3.05) is 13.7 Å². The van der Waals surface area contributed by atoms with E-state index in [2.05, 4.69) is 29.8 Å². The quantitative estimate of drug-likeness (QED) is 0.850. The van der Waals surface area contributed by atoms with Crippen LogP contribution in [0.1, 0.15) is 42.1 Å². The van der Waals surface area contributed by atoms with Crippen molar-refractivity contribution in [2.45, 2.75) is 26.2 Å². The Balaban J connectivity index is 3.22. The smallest absolute Gasteiger partial charge is 0.164 e. The van der Waals surface area contributed by atoms with Gasteiger partial charge in [0.1, 0.15) is 5.75 Å². The molecule has 0 unspecified atom stereocenters. The van der Waals surface area contributed by atoms with Crippen molar-refractivity contribution in [1.29, 1.82) is 0 Å². The van der Waals surface area contributed by atoms with Gasteiger partial charge < -0.3 is 10.5 Å². The first-order chi connectivity index (χ1) is 8.01. The summed E-state index contributed by atoms with van der Waals surface area (Å²) in [6.07, 6.45) is 0.358. The van der Waals surface area contributed by atoms with Gasteiger partial charge in [0, 0.05) is 22.0 Å². The van der Waals surface area contributed by atoms with Crippen LogP contribution in [-0.4, -0.2) is 19.4 Å². The minimum absolute atomic E-state index is 0.0433. The fourth-order valence-electron chi connectivity index (χ4n) is 1.76. The standard InChI is InChI=1S/C13H18BrNO2/c1-8(2)13-10(14)6-9(7-12(13)17-3)11(16)4-5-15/h6-8H,4-5,15H2,1-3H3. The van der Waals surface area contributed by atoms with Crippen LogP contribution in [0.3, 0.4) is 0 Å². The van der Waals surface area contributed by atoms with E-state index in [1.54, 1.807) is 13.2 Å². The highest BCUT2D eigenvalue weighted by atomic mass is 79.9. The molecule has 0 aliphatic carbocycles. The van der Waals surface area contributed by atoms with Crippen LogP contribution in [0, 0.1) is 0 Å². The summed E-state index contributed by atoms with van der Waals surface area (Å²) in [6, 6.07) is 3.63. The van der Waals surface area contributed by atoms with Crippen molar-refractivity contribution in [3.05, 3.63) is 27.7 Å². The van der Waals surface area contributed by atoms with Gasteiger partial charge in [0.05, 0.1) is 7.11 Å². The third-order valence-electron chi connectivity index (χ3n) is 2.58. The molecule has 1 aromatic rings. The molecule has 1 rings (SSSR count). The highest BCUT2D eigenvalue weighted by Gasteiger charge is 2.16. The molecule has 0 saturated carbocycles. The van der Waals surface area contributed by atoms with Gasteiger partial charge >= 0.3 is 0 Å². The number of carbonyl (C=O) groups excluding carboxylic acids is 1. The molecule has 0 radical (unpaired) electrons. The highest BCUT2D eigenvalue weighted by molar-refractivity contribution is 9.10. The molecule has 0 fully saturated rings. The maximum absolute atomic E-state index is 11.8. The third-order valence-corrected chi connectivity index (χ3v) is 3.24. The molecule has 0 spiro atoms. The van der Waals surface area contributed by atoms with Crippen LogP contribution < -0.4 is 10.5 Å². The van der Waals surface area contributed by atoms with Crippen LogP contribution in [0.2, 0.25) is 0 Å². The number of ketones is 1. The number of Topliss-reactive ketones (excluding diaryl/α,β-unsaturated/α-hetero) is 1. The molecule has 2 N–H and O–H groups in total. The molecule has 3 nitrogen and oxygen atoms in total. The molecule has 1 aromatic carbocycles. The largest absolute Gasteiger partial charge is 0.496 e. The molecule has 0 saturated heterocycles. The van der Waals surface area contributed by atoms with E-state index in [-0.39, 0.29) is 5.78 Å². The second kappa shape index (κ2) is 6.17. The van der Waals surface area contributed by atoms with E-state index < -0.39 is 0 Å². The van der Waals surface area contributed by atoms with E-state index >= 15 is 0 Å². The Morgan fingerprint density at radius 2 is 2.12 bits per heavy atom. The zero-order chi connectivity index (χ0) is 13.0. The number of halogens is 1. The van der Waals surface area contributed by atoms with E-state index in [1.165, 1.54) is 0 Å². The molecule has 0 aliphatic rings. The predicted octanol–water partition coefficient (Wildman–Crippen LogP) is 3.11. The zero-order valence-electron chi connectivity index (χ0n) is 10.4. The first kappa shape index (κ1) is 14.2. The molecule has 0 amide bonds. The monoisotopic (exact) mass is 299 g/mol. The summed E-state index contributed by atoms with van der Waals surface area (Å²) >= 11 is 3.50. The summed E-state index contributed by atoms with van der Waals surface area (Å²) in [6.45, 7) is 4.54. The minimum atomic E-state index is 0.0433. The number of hydrogen-bond acceptors (Lipinski definition) is 3. The van der Waals surface area contributed by atoms with Gasteiger partial charge in [0.2, 0.25) is 0 Å². The van der Waals surface area contributed by atoms with Crippen molar-refractivity contribution < 1.29 is 9.53 Å². The Bertz CT molecular complexity index is 416. The van der Waals surface area contributed by atoms with Gasteiger partial charge in [-0.25, -0.2) is 0 Å². The lowest BCUT2D eigenvalue weighted by Gasteiger charge is -2.15. The van der Waals surface area contributed by atoms with Crippen LogP contribution in [0.5, 0.6) is 5.75 Å². The predicted molar refractivity (Wildman–Crippen MR) is 72.8 cm³/mol. The van der Waals surface area contributed by atoms with Crippen molar-refractivity contribution in [1.82, 2.24) is 0 Å². The number of ether oxygens (including phenoxy) is 1. The van der Waals surface area contributed by atoms with Gasteiger partial charge in [-0.2, -0.15) is 0 Å². The summed E-state index contributed by atoms with van der Waals surface area (Å²) in [5.74, 6) is 1.12. The van der Waals surface area contributed by atoms with Gasteiger partial charge in [0.25, 0.3) is 0 Å². The number of hydrogen-bond donors (Lipinski definition) is 1. The summed E-state index contributed by atoms with van der Waals surface area (Å²) < 4.78 is 6.25. The van der Waals surface area contributed by atoms with Crippen LogP contribution >= 0.6 is 15.9 Å². The van der Waals surface area contributed by atoms with E-state index in [4.69, 9.17) is 10.5 Å². The average Bonchev–Trinajstić information content (AvgIpc) is 2.27. The van der Waals surface area contributed by atoms with Crippen molar-refractivity contribution >= 4 is 21.7 Å². The second-order valence-electron chi connectivity index (χ2n) is 4.19. The lowest BCUT2D eigenvalue weighted by Crippen LogP contribution is -2.09. The maximum Gasteiger partial charge on any atom is 0.164 e. The van der Waals surface area contributed by atoms with Crippen LogP contribution in [-0.2, 0) is 0 Å². The van der Waals surface area contributed by atoms with Crippen molar-refractivity contribution in [3.63, 3.8) is 0 Å². The lowest BCUT2D eigenvalue weighted by atomic mass is 9.98. The molecule has 94 valence electrons. The van der Waals surface area contributed by atoms with Crippen molar-refractivity contribution in [3.8, 4) is 5.75 Å². The van der Waals surface area contributed by atoms with Crippen LogP contribution in [0.25, 0.3) is 0 Å². The Morgan fingerprint density at radius 3 is 2.59 bits per heavy atom. The Morgan fingerprint density at radius 1 is 1.47 bits per heavy atom. The highest BCUT2D eigenvalue weighted by Crippen LogP contribution is 2.34. The molecular formula is C13H18BrNO2. The molecule has 0 atom stereocenters. The maximum atomic E-state index is 11.8. The van der Waals surface area contributed by atoms with Gasteiger partial charge in [-0.1, -0.05) is 29.8 Å². The fourth-order valence-corrected chi connectivity index (χ4v) is 2.66. The minimum Gasteiger partial charge on any atom is -0.496 e. The topological polar surface area (TPSA) is 52.3 Å². The Kier molecular flexibility index (Phi) is 5.15. The van der Waals surface area contributed by atoms with Crippen LogP contribution in [0.15, 0.2) is 16.6 Å². The van der Waals surface area contributed by atoms with Crippen LogP contribution in [0.4, 0.5) is 0 Å². The van der Waals surface area contributed by atoms with E-state index in [0.717, 1.165) is 15.8 Å². The zero-order valence-corrected chi connectivity index (χ0v) is 12.0. The molecule has 0 aromatic heterocycles. The lowest BCUT2D eigenvalue weighted by molar-refractivity contribution is 0.0985. The number of nitrogens with two attached hydrogens (primary N) is 1. The Labute approximate surface area is 110 Å². The third kappa shape index (κ3) is 3.30. The first-order valence-corrected chi connectivity index (χ1v) is 6.41. The molecule has 0 bridgehead atoms. The normalized spacial score (nSPS) is 10.7. The molecule has 17 heavy (non-hydrogen) atoms. The summed E-state index contributed by atoms with van der Waals surface area (Å²) in [4.78, 5) is 11.8. The fraction of sp³-hybridized carbons (Fsp3) is 0.462. The SMILES string of the molecule is COc1cc(C(=O)CCN)cc(Br)c1C(C)C. The van der Waals surface area contributed by atoms with Crippen molar-refractivity contribution in [2.24, 2.45) is 5.73 Å². The van der Waals surface area contributed by atoms with Gasteiger partial charge in [-0.3, -0.25) is 4.79 Å². The first-order valence-electron chi connectivity index (χ1n) is 5.62. The number of methoxy groups -OCH3 is 1. The molecule has 4 heteroatoms. The Hall–Kier alpha value is -0.870. The van der Waals surface area contributed by atoms with E-state index in [9.17, 15) is 4.79 Å². The second-order valence-corrected chi connectivity index (χ2v) is 5.04. The van der Waals surface area contributed by atoms with Gasteiger partial charge in [-0.15, -0.1) is 0 Å². The number of benzene rings is 1. The summed E-state index contributed by atoms with van der Waals surface area (Å²) in [5, 5.41) is 0. The number of carbonyl (C=O) groups is 1. The number of rotatable bonds is 5. The molecular weight excluding hydrogens is 282 g/mol. The van der Waals surface area contributed by atoms with Gasteiger partial charge in [-0.05, 0) is 24.6 Å². The summed E-state index contributed by atoms with van der Waals surface area (Å²) in [5.41, 5.74) is 7.11.